The SMILES string of the molecule is CC(C)(C)CC(=O)N(Cc1cccc(NC(=O)C2CCC2)c1)C1CCC(N)CC1. The first kappa shape index (κ1) is 21.8. The van der Waals surface area contributed by atoms with Gasteiger partial charge in [-0.15, -0.1) is 0 Å². The lowest BCUT2D eigenvalue weighted by atomic mass is 9.85. The van der Waals surface area contributed by atoms with Crippen LogP contribution in [0.1, 0.15) is 77.7 Å². The molecule has 0 saturated heterocycles. The number of nitrogens with two attached hydrogens (primary N) is 1. The van der Waals surface area contributed by atoms with E-state index in [2.05, 4.69) is 31.0 Å². The van der Waals surface area contributed by atoms with Gasteiger partial charge < -0.3 is 16.0 Å². The maximum atomic E-state index is 13.2. The molecule has 0 heterocycles. The van der Waals surface area contributed by atoms with Crippen LogP contribution in [0.25, 0.3) is 0 Å². The minimum Gasteiger partial charge on any atom is -0.335 e. The van der Waals surface area contributed by atoms with Crippen molar-refractivity contribution in [3.05, 3.63) is 29.8 Å². The molecule has 2 aliphatic rings. The molecular formula is C24H37N3O2. The molecule has 0 bridgehead atoms. The number of rotatable bonds is 6. The predicted molar refractivity (Wildman–Crippen MR) is 117 cm³/mol. The Kier molecular flexibility index (Phi) is 6.99. The summed E-state index contributed by atoms with van der Waals surface area (Å²) in [6.45, 7) is 6.91. The van der Waals surface area contributed by atoms with E-state index in [4.69, 9.17) is 5.73 Å². The fourth-order valence-corrected chi connectivity index (χ4v) is 4.25. The highest BCUT2D eigenvalue weighted by Crippen LogP contribution is 2.29. The van der Waals surface area contributed by atoms with Gasteiger partial charge in [-0.25, -0.2) is 0 Å². The van der Waals surface area contributed by atoms with E-state index in [0.29, 0.717) is 13.0 Å². The van der Waals surface area contributed by atoms with Crippen molar-refractivity contribution in [2.24, 2.45) is 17.1 Å². The van der Waals surface area contributed by atoms with Crippen molar-refractivity contribution in [1.29, 1.82) is 0 Å². The van der Waals surface area contributed by atoms with Crippen molar-refractivity contribution in [1.82, 2.24) is 4.90 Å². The van der Waals surface area contributed by atoms with Gasteiger partial charge in [-0.3, -0.25) is 9.59 Å². The minimum absolute atomic E-state index is 0.0427. The van der Waals surface area contributed by atoms with Gasteiger partial charge in [-0.2, -0.15) is 0 Å². The average Bonchev–Trinajstić information content (AvgIpc) is 2.58. The van der Waals surface area contributed by atoms with Gasteiger partial charge in [0.05, 0.1) is 0 Å². The molecule has 2 amide bonds. The third kappa shape index (κ3) is 6.30. The topological polar surface area (TPSA) is 75.4 Å². The number of amides is 2. The summed E-state index contributed by atoms with van der Waals surface area (Å²) >= 11 is 0. The molecule has 1 aromatic rings. The van der Waals surface area contributed by atoms with Crippen molar-refractivity contribution in [2.75, 3.05) is 5.32 Å². The molecule has 5 nitrogen and oxygen atoms in total. The molecule has 29 heavy (non-hydrogen) atoms. The molecule has 5 heteroatoms. The molecular weight excluding hydrogens is 362 g/mol. The molecule has 0 aliphatic heterocycles. The molecule has 0 atom stereocenters. The van der Waals surface area contributed by atoms with Crippen molar-refractivity contribution in [3.8, 4) is 0 Å². The molecule has 0 unspecified atom stereocenters. The Labute approximate surface area is 175 Å². The van der Waals surface area contributed by atoms with Crippen molar-refractivity contribution < 1.29 is 9.59 Å². The van der Waals surface area contributed by atoms with Crippen molar-refractivity contribution in [3.63, 3.8) is 0 Å². The second-order valence-corrected chi connectivity index (χ2v) is 10.1. The van der Waals surface area contributed by atoms with Crippen LogP contribution in [0, 0.1) is 11.3 Å². The fraction of sp³-hybridized carbons (Fsp3) is 0.667. The van der Waals surface area contributed by atoms with Crippen LogP contribution in [0.15, 0.2) is 24.3 Å². The molecule has 1 aromatic carbocycles. The number of nitrogens with one attached hydrogen (secondary N) is 1. The van der Waals surface area contributed by atoms with E-state index in [9.17, 15) is 9.59 Å². The van der Waals surface area contributed by atoms with E-state index in [-0.39, 0.29) is 35.2 Å². The van der Waals surface area contributed by atoms with Crippen LogP contribution in [-0.4, -0.2) is 28.8 Å². The summed E-state index contributed by atoms with van der Waals surface area (Å²) < 4.78 is 0. The zero-order valence-corrected chi connectivity index (χ0v) is 18.2. The summed E-state index contributed by atoms with van der Waals surface area (Å²) in [5.41, 5.74) is 7.94. The Morgan fingerprint density at radius 2 is 1.79 bits per heavy atom. The number of nitrogens with zero attached hydrogens (tertiary/aromatic N) is 1. The van der Waals surface area contributed by atoms with Gasteiger partial charge in [0, 0.05) is 36.7 Å². The van der Waals surface area contributed by atoms with E-state index >= 15 is 0 Å². The monoisotopic (exact) mass is 399 g/mol. The van der Waals surface area contributed by atoms with Crippen LogP contribution in [0.5, 0.6) is 0 Å². The number of carbonyl (C=O) groups excluding carboxylic acids is 2. The second-order valence-electron chi connectivity index (χ2n) is 10.1. The fourth-order valence-electron chi connectivity index (χ4n) is 4.25. The molecule has 0 aromatic heterocycles. The van der Waals surface area contributed by atoms with Crippen molar-refractivity contribution >= 4 is 17.5 Å². The third-order valence-electron chi connectivity index (χ3n) is 6.21. The number of hydrogen-bond acceptors (Lipinski definition) is 3. The van der Waals surface area contributed by atoms with E-state index in [1.165, 1.54) is 0 Å². The van der Waals surface area contributed by atoms with E-state index in [1.807, 2.05) is 24.3 Å². The Morgan fingerprint density at radius 1 is 1.10 bits per heavy atom. The zero-order chi connectivity index (χ0) is 21.0. The smallest absolute Gasteiger partial charge is 0.227 e. The lowest BCUT2D eigenvalue weighted by Crippen LogP contribution is -2.44. The van der Waals surface area contributed by atoms with Crippen LogP contribution < -0.4 is 11.1 Å². The first-order valence-corrected chi connectivity index (χ1v) is 11.2. The van der Waals surface area contributed by atoms with Gasteiger partial charge >= 0.3 is 0 Å². The quantitative estimate of drug-likeness (QED) is 0.741. The van der Waals surface area contributed by atoms with Crippen LogP contribution >= 0.6 is 0 Å². The summed E-state index contributed by atoms with van der Waals surface area (Å²) in [5.74, 6) is 0.493. The Morgan fingerprint density at radius 3 is 2.38 bits per heavy atom. The molecule has 3 N–H and O–H groups in total. The molecule has 2 saturated carbocycles. The van der Waals surface area contributed by atoms with Crippen LogP contribution in [0.4, 0.5) is 5.69 Å². The molecule has 0 radical (unpaired) electrons. The second kappa shape index (κ2) is 9.29. The van der Waals surface area contributed by atoms with Gasteiger partial charge in [0.25, 0.3) is 0 Å². The minimum atomic E-state index is -0.0427. The number of benzene rings is 1. The summed E-state index contributed by atoms with van der Waals surface area (Å²) in [6.07, 6.45) is 7.55. The Balaban J connectivity index is 1.71. The standard InChI is InChI=1S/C24H37N3O2/c1-24(2,3)15-22(28)27(21-12-10-19(25)11-13-21)16-17-6-4-9-20(14-17)26-23(29)18-7-5-8-18/h4,6,9,14,18-19,21H,5,7-8,10-13,15-16,25H2,1-3H3,(H,26,29). The van der Waals surface area contributed by atoms with Gasteiger partial charge in [-0.05, 0) is 61.6 Å². The lowest BCUT2D eigenvalue weighted by molar-refractivity contribution is -0.137. The van der Waals surface area contributed by atoms with E-state index < -0.39 is 0 Å². The molecule has 2 aliphatic carbocycles. The van der Waals surface area contributed by atoms with Crippen LogP contribution in [0.2, 0.25) is 0 Å². The van der Waals surface area contributed by atoms with Gasteiger partial charge in [-0.1, -0.05) is 39.3 Å². The van der Waals surface area contributed by atoms with Crippen LogP contribution in [-0.2, 0) is 16.1 Å². The zero-order valence-electron chi connectivity index (χ0n) is 18.2. The predicted octanol–water partition coefficient (Wildman–Crippen LogP) is 4.46. The maximum absolute atomic E-state index is 13.2. The highest BCUT2D eigenvalue weighted by molar-refractivity contribution is 5.93. The molecule has 160 valence electrons. The molecule has 3 rings (SSSR count). The Bertz CT molecular complexity index is 713. The highest BCUT2D eigenvalue weighted by atomic mass is 16.2. The van der Waals surface area contributed by atoms with Gasteiger partial charge in [0.2, 0.25) is 11.8 Å². The first-order chi connectivity index (χ1) is 13.7. The maximum Gasteiger partial charge on any atom is 0.227 e. The van der Waals surface area contributed by atoms with Crippen LogP contribution in [0.3, 0.4) is 0 Å². The first-order valence-electron chi connectivity index (χ1n) is 11.2. The Hall–Kier alpha value is -1.88. The number of carbonyl (C=O) groups is 2. The highest BCUT2D eigenvalue weighted by Gasteiger charge is 2.30. The number of anilines is 1. The molecule has 2 fully saturated rings. The summed E-state index contributed by atoms with van der Waals surface area (Å²) in [6, 6.07) is 8.47. The summed E-state index contributed by atoms with van der Waals surface area (Å²) in [4.78, 5) is 27.5. The van der Waals surface area contributed by atoms with Crippen molar-refractivity contribution in [2.45, 2.75) is 90.8 Å². The molecule has 0 spiro atoms. The van der Waals surface area contributed by atoms with Gasteiger partial charge in [0.15, 0.2) is 0 Å². The summed E-state index contributed by atoms with van der Waals surface area (Å²) in [5, 5.41) is 3.05. The average molecular weight is 400 g/mol. The third-order valence-corrected chi connectivity index (χ3v) is 6.21. The van der Waals surface area contributed by atoms with E-state index in [1.54, 1.807) is 0 Å². The lowest BCUT2D eigenvalue weighted by Gasteiger charge is -2.37. The number of hydrogen-bond donors (Lipinski definition) is 2. The summed E-state index contributed by atoms with van der Waals surface area (Å²) in [7, 11) is 0. The normalized spacial score (nSPS) is 22.6. The van der Waals surface area contributed by atoms with E-state index in [0.717, 1.165) is 56.2 Å². The van der Waals surface area contributed by atoms with Gasteiger partial charge in [0.1, 0.15) is 0 Å². The largest absolute Gasteiger partial charge is 0.335 e.